The molecule has 0 saturated heterocycles. The van der Waals surface area contributed by atoms with E-state index in [1.807, 2.05) is 10.9 Å². The third kappa shape index (κ3) is 1.61. The normalized spacial score (nSPS) is 16.2. The molecule has 0 atom stereocenters. The average molecular weight is 161 g/mol. The highest BCUT2D eigenvalue weighted by molar-refractivity contribution is 5.21. The van der Waals surface area contributed by atoms with E-state index in [1.54, 1.807) is 6.20 Å². The summed E-state index contributed by atoms with van der Waals surface area (Å²) in [5.41, 5.74) is 1.33. The highest BCUT2D eigenvalue weighted by Crippen LogP contribution is 2.10. The number of rotatable bonds is 2. The van der Waals surface area contributed by atoms with Gasteiger partial charge in [0.05, 0.1) is 12.7 Å². The first-order chi connectivity index (χ1) is 5.95. The number of hydrogen-bond acceptors (Lipinski definition) is 2. The average Bonchev–Trinajstić information content (AvgIpc) is 2.59. The van der Waals surface area contributed by atoms with Crippen LogP contribution in [-0.4, -0.2) is 15.0 Å². The molecule has 0 bridgehead atoms. The zero-order valence-corrected chi connectivity index (χ0v) is 6.85. The first-order valence-electron chi connectivity index (χ1n) is 4.15. The standard InChI is InChI=1S/C9H11N3/c1-2-4-9(5-3-1)8-12-7-6-10-11-12/h2,4-7H,1,3,8H2. The summed E-state index contributed by atoms with van der Waals surface area (Å²) in [6.07, 6.45) is 12.5. The molecule has 0 spiro atoms. The van der Waals surface area contributed by atoms with Gasteiger partial charge < -0.3 is 0 Å². The fraction of sp³-hybridized carbons (Fsp3) is 0.333. The van der Waals surface area contributed by atoms with Crippen LogP contribution in [0, 0.1) is 0 Å². The van der Waals surface area contributed by atoms with Crippen LogP contribution in [-0.2, 0) is 6.54 Å². The van der Waals surface area contributed by atoms with E-state index >= 15 is 0 Å². The zero-order valence-electron chi connectivity index (χ0n) is 6.85. The summed E-state index contributed by atoms with van der Waals surface area (Å²) >= 11 is 0. The molecule has 1 aliphatic carbocycles. The predicted molar refractivity (Wildman–Crippen MR) is 46.5 cm³/mol. The molecule has 0 radical (unpaired) electrons. The Hall–Kier alpha value is -1.38. The quantitative estimate of drug-likeness (QED) is 0.659. The molecule has 3 heteroatoms. The van der Waals surface area contributed by atoms with Gasteiger partial charge in [0, 0.05) is 6.20 Å². The zero-order chi connectivity index (χ0) is 8.23. The minimum Gasteiger partial charge on any atom is -0.248 e. The third-order valence-electron chi connectivity index (χ3n) is 1.89. The van der Waals surface area contributed by atoms with Crippen molar-refractivity contribution < 1.29 is 0 Å². The summed E-state index contributed by atoms with van der Waals surface area (Å²) in [5, 5.41) is 7.65. The van der Waals surface area contributed by atoms with Gasteiger partial charge in [0.2, 0.25) is 0 Å². The molecule has 2 rings (SSSR count). The second-order valence-corrected chi connectivity index (χ2v) is 2.86. The Bertz CT molecular complexity index is 296. The Labute approximate surface area is 71.4 Å². The van der Waals surface area contributed by atoms with E-state index in [-0.39, 0.29) is 0 Å². The van der Waals surface area contributed by atoms with Crippen molar-refractivity contribution in [1.82, 2.24) is 15.0 Å². The molecule has 0 amide bonds. The monoisotopic (exact) mass is 161 g/mol. The van der Waals surface area contributed by atoms with E-state index in [2.05, 4.69) is 28.5 Å². The van der Waals surface area contributed by atoms with Crippen LogP contribution in [0.4, 0.5) is 0 Å². The minimum atomic E-state index is 0.844. The summed E-state index contributed by atoms with van der Waals surface area (Å²) in [6, 6.07) is 0. The SMILES string of the molecule is C1=CC(Cn2ccnn2)=CCC1. The van der Waals surface area contributed by atoms with Crippen molar-refractivity contribution in [3.05, 3.63) is 36.2 Å². The van der Waals surface area contributed by atoms with Gasteiger partial charge in [0.15, 0.2) is 0 Å². The van der Waals surface area contributed by atoms with Crippen LogP contribution in [0.15, 0.2) is 36.2 Å². The van der Waals surface area contributed by atoms with E-state index < -0.39 is 0 Å². The molecule has 0 N–H and O–H groups in total. The second-order valence-electron chi connectivity index (χ2n) is 2.86. The van der Waals surface area contributed by atoms with Gasteiger partial charge >= 0.3 is 0 Å². The Kier molecular flexibility index (Phi) is 2.03. The fourth-order valence-corrected chi connectivity index (χ4v) is 1.29. The topological polar surface area (TPSA) is 30.7 Å². The van der Waals surface area contributed by atoms with Crippen LogP contribution in [0.3, 0.4) is 0 Å². The molecule has 0 saturated carbocycles. The Balaban J connectivity index is 2.04. The summed E-state index contributed by atoms with van der Waals surface area (Å²) in [5.74, 6) is 0. The fourth-order valence-electron chi connectivity index (χ4n) is 1.29. The van der Waals surface area contributed by atoms with Gasteiger partial charge in [-0.2, -0.15) is 0 Å². The van der Waals surface area contributed by atoms with Gasteiger partial charge in [-0.1, -0.05) is 23.4 Å². The minimum absolute atomic E-state index is 0.844. The van der Waals surface area contributed by atoms with Gasteiger partial charge in [-0.05, 0) is 18.4 Å². The smallest absolute Gasteiger partial charge is 0.0693 e. The van der Waals surface area contributed by atoms with E-state index in [0.717, 1.165) is 13.0 Å². The van der Waals surface area contributed by atoms with Crippen molar-refractivity contribution in [1.29, 1.82) is 0 Å². The maximum absolute atomic E-state index is 3.90. The van der Waals surface area contributed by atoms with Crippen LogP contribution in [0.25, 0.3) is 0 Å². The second kappa shape index (κ2) is 3.34. The molecule has 1 aromatic rings. The molecule has 3 nitrogen and oxygen atoms in total. The first-order valence-corrected chi connectivity index (χ1v) is 4.15. The van der Waals surface area contributed by atoms with Crippen molar-refractivity contribution >= 4 is 0 Å². The van der Waals surface area contributed by atoms with E-state index in [0.29, 0.717) is 0 Å². The molecule has 0 aliphatic heterocycles. The summed E-state index contributed by atoms with van der Waals surface area (Å²) in [7, 11) is 0. The molecule has 62 valence electrons. The van der Waals surface area contributed by atoms with Gasteiger partial charge in [-0.3, -0.25) is 0 Å². The lowest BCUT2D eigenvalue weighted by molar-refractivity contribution is 0.645. The number of allylic oxidation sites excluding steroid dienone is 4. The number of hydrogen-bond donors (Lipinski definition) is 0. The van der Waals surface area contributed by atoms with Crippen molar-refractivity contribution in [2.24, 2.45) is 0 Å². The Morgan fingerprint density at radius 2 is 2.42 bits per heavy atom. The largest absolute Gasteiger partial charge is 0.248 e. The van der Waals surface area contributed by atoms with Crippen molar-refractivity contribution in [2.75, 3.05) is 0 Å². The first kappa shape index (κ1) is 7.28. The van der Waals surface area contributed by atoms with E-state index in [1.165, 1.54) is 12.0 Å². The van der Waals surface area contributed by atoms with Crippen LogP contribution in [0.1, 0.15) is 12.8 Å². The lowest BCUT2D eigenvalue weighted by Crippen LogP contribution is -2.01. The molecule has 1 aromatic heterocycles. The Morgan fingerprint density at radius 3 is 3.08 bits per heavy atom. The maximum Gasteiger partial charge on any atom is 0.0693 e. The number of aromatic nitrogens is 3. The van der Waals surface area contributed by atoms with Crippen molar-refractivity contribution in [3.63, 3.8) is 0 Å². The van der Waals surface area contributed by atoms with Gasteiger partial charge in [0.25, 0.3) is 0 Å². The summed E-state index contributed by atoms with van der Waals surface area (Å²) in [6.45, 7) is 0.844. The molecular formula is C9H11N3. The lowest BCUT2D eigenvalue weighted by atomic mass is 10.1. The van der Waals surface area contributed by atoms with E-state index in [4.69, 9.17) is 0 Å². The van der Waals surface area contributed by atoms with Crippen LogP contribution in [0.2, 0.25) is 0 Å². The van der Waals surface area contributed by atoms with Crippen molar-refractivity contribution in [3.8, 4) is 0 Å². The maximum atomic E-state index is 3.90. The van der Waals surface area contributed by atoms with Crippen LogP contribution < -0.4 is 0 Å². The highest BCUT2D eigenvalue weighted by atomic mass is 15.4. The predicted octanol–water partition coefficient (Wildman–Crippen LogP) is 1.55. The molecule has 0 fully saturated rings. The molecule has 12 heavy (non-hydrogen) atoms. The molecule has 1 heterocycles. The molecule has 0 unspecified atom stereocenters. The van der Waals surface area contributed by atoms with Crippen LogP contribution in [0.5, 0.6) is 0 Å². The van der Waals surface area contributed by atoms with Crippen LogP contribution >= 0.6 is 0 Å². The van der Waals surface area contributed by atoms with Gasteiger partial charge in [-0.15, -0.1) is 5.10 Å². The third-order valence-corrected chi connectivity index (χ3v) is 1.89. The van der Waals surface area contributed by atoms with Gasteiger partial charge in [0.1, 0.15) is 0 Å². The van der Waals surface area contributed by atoms with E-state index in [9.17, 15) is 0 Å². The summed E-state index contributed by atoms with van der Waals surface area (Å²) in [4.78, 5) is 0. The number of nitrogens with zero attached hydrogens (tertiary/aromatic N) is 3. The highest BCUT2D eigenvalue weighted by Gasteiger charge is 1.98. The lowest BCUT2D eigenvalue weighted by Gasteiger charge is -2.05. The molecule has 0 aromatic carbocycles. The van der Waals surface area contributed by atoms with Gasteiger partial charge in [-0.25, -0.2) is 4.68 Å². The van der Waals surface area contributed by atoms with Crippen molar-refractivity contribution in [2.45, 2.75) is 19.4 Å². The Morgan fingerprint density at radius 1 is 1.42 bits per heavy atom. The summed E-state index contributed by atoms with van der Waals surface area (Å²) < 4.78 is 1.83. The molecular weight excluding hydrogens is 150 g/mol. The molecule has 1 aliphatic rings.